The number of aliphatic hydroxyl groups excluding tert-OH is 2. The molecule has 0 aromatic heterocycles. The van der Waals surface area contributed by atoms with Crippen LogP contribution in [-0.4, -0.2) is 46.2 Å². The molecule has 4 N–H and O–H groups in total. The standard InChI is InChI=1S/C13H16O6/c1-19-12-5-8(2-3-11(12)16)4-9(13(17)18)6-10(15)7-14/h2-5,10,14-16H,6-7H2,1H3,(H,17,18)/b9-4+. The SMILES string of the molecule is COc1cc(/C=C(\CC(O)CO)C(=O)O)ccc1O. The Bertz CT molecular complexity index is 480. The average Bonchev–Trinajstić information content (AvgIpc) is 2.39. The van der Waals surface area contributed by atoms with Crippen molar-refractivity contribution in [2.24, 2.45) is 0 Å². The van der Waals surface area contributed by atoms with Crippen molar-refractivity contribution in [3.8, 4) is 11.5 Å². The van der Waals surface area contributed by atoms with Crippen LogP contribution in [0.1, 0.15) is 12.0 Å². The summed E-state index contributed by atoms with van der Waals surface area (Å²) >= 11 is 0. The number of hydrogen-bond donors (Lipinski definition) is 4. The number of methoxy groups -OCH3 is 1. The normalized spacial score (nSPS) is 13.1. The van der Waals surface area contributed by atoms with Gasteiger partial charge in [0.05, 0.1) is 19.8 Å². The van der Waals surface area contributed by atoms with Crippen LogP contribution in [-0.2, 0) is 4.79 Å². The number of carbonyl (C=O) groups is 1. The van der Waals surface area contributed by atoms with Gasteiger partial charge < -0.3 is 25.2 Å². The number of hydrogen-bond acceptors (Lipinski definition) is 5. The van der Waals surface area contributed by atoms with Crippen LogP contribution in [0, 0.1) is 0 Å². The molecule has 6 heteroatoms. The number of aliphatic carboxylic acids is 1. The van der Waals surface area contributed by atoms with Crippen LogP contribution in [0.4, 0.5) is 0 Å². The van der Waals surface area contributed by atoms with Gasteiger partial charge in [-0.1, -0.05) is 6.07 Å². The molecule has 1 rings (SSSR count). The van der Waals surface area contributed by atoms with Gasteiger partial charge in [-0.2, -0.15) is 0 Å². The summed E-state index contributed by atoms with van der Waals surface area (Å²) in [5.41, 5.74) is 0.464. The molecule has 1 unspecified atom stereocenters. The molecule has 0 fully saturated rings. The fourth-order valence-electron chi connectivity index (χ4n) is 1.51. The Balaban J connectivity index is 3.04. The number of ether oxygens (including phenoxy) is 1. The van der Waals surface area contributed by atoms with Gasteiger partial charge in [0.2, 0.25) is 0 Å². The number of benzene rings is 1. The van der Waals surface area contributed by atoms with Crippen LogP contribution in [0.25, 0.3) is 6.08 Å². The molecule has 0 saturated heterocycles. The van der Waals surface area contributed by atoms with E-state index in [-0.39, 0.29) is 23.5 Å². The van der Waals surface area contributed by atoms with Crippen LogP contribution in [0.3, 0.4) is 0 Å². The van der Waals surface area contributed by atoms with Crippen molar-refractivity contribution in [2.75, 3.05) is 13.7 Å². The molecule has 0 radical (unpaired) electrons. The number of phenolic OH excluding ortho intramolecular Hbond substituents is 1. The minimum Gasteiger partial charge on any atom is -0.504 e. The second-order valence-corrected chi connectivity index (χ2v) is 3.95. The summed E-state index contributed by atoms with van der Waals surface area (Å²) in [6.07, 6.45) is 0.0550. The lowest BCUT2D eigenvalue weighted by Gasteiger charge is -2.08. The number of rotatable bonds is 6. The molecule has 19 heavy (non-hydrogen) atoms. The molecule has 104 valence electrons. The second-order valence-electron chi connectivity index (χ2n) is 3.95. The van der Waals surface area contributed by atoms with E-state index in [4.69, 9.17) is 14.9 Å². The third-order valence-corrected chi connectivity index (χ3v) is 2.49. The minimum atomic E-state index is -1.18. The maximum absolute atomic E-state index is 11.0. The van der Waals surface area contributed by atoms with Gasteiger partial charge in [0.15, 0.2) is 11.5 Å². The molecule has 0 aliphatic heterocycles. The van der Waals surface area contributed by atoms with Crippen molar-refractivity contribution in [3.63, 3.8) is 0 Å². The van der Waals surface area contributed by atoms with Crippen LogP contribution >= 0.6 is 0 Å². The highest BCUT2D eigenvalue weighted by atomic mass is 16.5. The van der Waals surface area contributed by atoms with E-state index in [0.717, 1.165) is 0 Å². The predicted octanol–water partition coefficient (Wildman–Crippen LogP) is 0.612. The Morgan fingerprint density at radius 1 is 1.47 bits per heavy atom. The summed E-state index contributed by atoms with van der Waals surface area (Å²) in [4.78, 5) is 11.0. The van der Waals surface area contributed by atoms with Crippen LogP contribution in [0.2, 0.25) is 0 Å². The van der Waals surface area contributed by atoms with Crippen molar-refractivity contribution < 1.29 is 30.0 Å². The summed E-state index contributed by atoms with van der Waals surface area (Å²) in [7, 11) is 1.39. The topological polar surface area (TPSA) is 107 Å². The Morgan fingerprint density at radius 3 is 2.68 bits per heavy atom. The fourth-order valence-corrected chi connectivity index (χ4v) is 1.51. The molecule has 1 atom stereocenters. The highest BCUT2D eigenvalue weighted by Crippen LogP contribution is 2.27. The highest BCUT2D eigenvalue weighted by molar-refractivity contribution is 5.92. The summed E-state index contributed by atoms with van der Waals surface area (Å²) < 4.78 is 4.91. The molecular weight excluding hydrogens is 252 g/mol. The van der Waals surface area contributed by atoms with Gasteiger partial charge in [-0.15, -0.1) is 0 Å². The first-order chi connectivity index (χ1) is 8.97. The van der Waals surface area contributed by atoms with Gasteiger partial charge in [0.1, 0.15) is 0 Å². The molecule has 0 amide bonds. The highest BCUT2D eigenvalue weighted by Gasteiger charge is 2.13. The predicted molar refractivity (Wildman–Crippen MR) is 68.0 cm³/mol. The van der Waals surface area contributed by atoms with Gasteiger partial charge >= 0.3 is 5.97 Å². The van der Waals surface area contributed by atoms with E-state index in [9.17, 15) is 15.0 Å². The number of carboxylic acids is 1. The monoisotopic (exact) mass is 268 g/mol. The lowest BCUT2D eigenvalue weighted by Crippen LogP contribution is -2.16. The van der Waals surface area contributed by atoms with E-state index in [1.807, 2.05) is 0 Å². The zero-order valence-corrected chi connectivity index (χ0v) is 10.4. The average molecular weight is 268 g/mol. The third-order valence-electron chi connectivity index (χ3n) is 2.49. The third kappa shape index (κ3) is 4.27. The van der Waals surface area contributed by atoms with Crippen LogP contribution in [0.5, 0.6) is 11.5 Å². The van der Waals surface area contributed by atoms with Gasteiger partial charge in [-0.3, -0.25) is 0 Å². The fraction of sp³-hybridized carbons (Fsp3) is 0.308. The molecule has 1 aromatic rings. The van der Waals surface area contributed by atoms with Gasteiger partial charge in [-0.05, 0) is 23.8 Å². The largest absolute Gasteiger partial charge is 0.504 e. The Morgan fingerprint density at radius 2 is 2.16 bits per heavy atom. The Hall–Kier alpha value is -2.05. The number of aliphatic hydroxyl groups is 2. The minimum absolute atomic E-state index is 0.0470. The Labute approximate surface area is 110 Å². The maximum Gasteiger partial charge on any atom is 0.331 e. The number of aromatic hydroxyl groups is 1. The number of carboxylic acid groups (broad SMARTS) is 1. The maximum atomic E-state index is 11.0. The molecule has 0 heterocycles. The molecule has 0 aliphatic carbocycles. The summed E-state index contributed by atoms with van der Waals surface area (Å²) in [5.74, 6) is -1.01. The lowest BCUT2D eigenvalue weighted by molar-refractivity contribution is -0.133. The summed E-state index contributed by atoms with van der Waals surface area (Å²) in [6, 6.07) is 4.38. The molecular formula is C13H16O6. The van der Waals surface area contributed by atoms with E-state index < -0.39 is 18.7 Å². The lowest BCUT2D eigenvalue weighted by atomic mass is 10.0. The van der Waals surface area contributed by atoms with Crippen LogP contribution < -0.4 is 4.74 Å². The zero-order valence-electron chi connectivity index (χ0n) is 10.4. The first-order valence-corrected chi connectivity index (χ1v) is 5.57. The van der Waals surface area contributed by atoms with Gasteiger partial charge in [0, 0.05) is 12.0 Å². The Kier molecular flexibility index (Phi) is 5.35. The molecule has 0 saturated carbocycles. The smallest absolute Gasteiger partial charge is 0.331 e. The first kappa shape index (κ1) is 15.0. The van der Waals surface area contributed by atoms with E-state index >= 15 is 0 Å². The first-order valence-electron chi connectivity index (χ1n) is 5.57. The quantitative estimate of drug-likeness (QED) is 0.563. The molecule has 1 aromatic carbocycles. The second kappa shape index (κ2) is 6.77. The molecule has 0 bridgehead atoms. The van der Waals surface area contributed by atoms with E-state index in [1.54, 1.807) is 0 Å². The van der Waals surface area contributed by atoms with Crippen molar-refractivity contribution >= 4 is 12.0 Å². The van der Waals surface area contributed by atoms with Gasteiger partial charge in [-0.25, -0.2) is 4.79 Å². The van der Waals surface area contributed by atoms with Gasteiger partial charge in [0.25, 0.3) is 0 Å². The van der Waals surface area contributed by atoms with Crippen molar-refractivity contribution in [1.29, 1.82) is 0 Å². The van der Waals surface area contributed by atoms with Crippen LogP contribution in [0.15, 0.2) is 23.8 Å². The van der Waals surface area contributed by atoms with E-state index in [2.05, 4.69) is 0 Å². The number of phenols is 1. The van der Waals surface area contributed by atoms with E-state index in [0.29, 0.717) is 5.56 Å². The zero-order chi connectivity index (χ0) is 14.4. The van der Waals surface area contributed by atoms with Crippen molar-refractivity contribution in [1.82, 2.24) is 0 Å². The summed E-state index contributed by atoms with van der Waals surface area (Å²) in [6.45, 7) is -0.510. The molecule has 6 nitrogen and oxygen atoms in total. The van der Waals surface area contributed by atoms with Crippen molar-refractivity contribution in [3.05, 3.63) is 29.3 Å². The van der Waals surface area contributed by atoms with Crippen molar-refractivity contribution in [2.45, 2.75) is 12.5 Å². The molecule has 0 spiro atoms. The van der Waals surface area contributed by atoms with E-state index in [1.165, 1.54) is 31.4 Å². The molecule has 0 aliphatic rings. The summed E-state index contributed by atoms with van der Waals surface area (Å²) in [5, 5.41) is 36.5.